The molecule has 0 heterocycles. The number of phenols is 1. The fraction of sp³-hybridized carbons (Fsp3) is 0.417. The smallest absolute Gasteiger partial charge is 0.229 e. The van der Waals surface area contributed by atoms with Gasteiger partial charge in [-0.3, -0.25) is 4.79 Å². The Kier molecular flexibility index (Phi) is 5.26. The van der Waals surface area contributed by atoms with Crippen LogP contribution in [0.1, 0.15) is 13.8 Å². The third-order valence-electron chi connectivity index (χ3n) is 2.68. The highest BCUT2D eigenvalue weighted by atomic mass is 35.5. The van der Waals surface area contributed by atoms with E-state index in [1.807, 2.05) is 13.8 Å². The van der Waals surface area contributed by atoms with E-state index < -0.39 is 0 Å². The van der Waals surface area contributed by atoms with Crippen molar-refractivity contribution < 1.29 is 9.90 Å². The number of carbonyl (C=O) groups is 1. The predicted octanol–water partition coefficient (Wildman–Crippen LogP) is 2.87. The SMILES string of the molecule is CC(C)C(CN)C(=O)Nc1cc(Cl)c(O)c(Cl)c1. The van der Waals surface area contributed by atoms with Crippen molar-refractivity contribution in [3.05, 3.63) is 22.2 Å². The summed E-state index contributed by atoms with van der Waals surface area (Å²) < 4.78 is 0. The van der Waals surface area contributed by atoms with Crippen LogP contribution in [0.4, 0.5) is 5.69 Å². The third kappa shape index (κ3) is 3.51. The minimum Gasteiger partial charge on any atom is -0.505 e. The van der Waals surface area contributed by atoms with Crippen LogP contribution in [0.3, 0.4) is 0 Å². The predicted molar refractivity (Wildman–Crippen MR) is 74.1 cm³/mol. The van der Waals surface area contributed by atoms with Gasteiger partial charge >= 0.3 is 0 Å². The van der Waals surface area contributed by atoms with E-state index in [1.54, 1.807) is 0 Å². The van der Waals surface area contributed by atoms with Crippen LogP contribution in [0.5, 0.6) is 5.75 Å². The molecular formula is C12H16Cl2N2O2. The lowest BCUT2D eigenvalue weighted by molar-refractivity contribution is -0.120. The Morgan fingerprint density at radius 1 is 1.39 bits per heavy atom. The number of rotatable bonds is 4. The summed E-state index contributed by atoms with van der Waals surface area (Å²) in [7, 11) is 0. The van der Waals surface area contributed by atoms with Gasteiger partial charge < -0.3 is 16.2 Å². The molecule has 0 spiro atoms. The molecule has 1 unspecified atom stereocenters. The molecule has 0 aliphatic heterocycles. The summed E-state index contributed by atoms with van der Waals surface area (Å²) in [6, 6.07) is 2.88. The quantitative estimate of drug-likeness (QED) is 0.747. The van der Waals surface area contributed by atoms with Crippen molar-refractivity contribution in [2.45, 2.75) is 13.8 Å². The molecule has 0 fully saturated rings. The number of hydrogen-bond donors (Lipinski definition) is 3. The van der Waals surface area contributed by atoms with Crippen molar-refractivity contribution in [1.29, 1.82) is 0 Å². The molecule has 6 heteroatoms. The molecule has 0 aliphatic carbocycles. The van der Waals surface area contributed by atoms with Crippen LogP contribution in [0.25, 0.3) is 0 Å². The number of halogens is 2. The summed E-state index contributed by atoms with van der Waals surface area (Å²) >= 11 is 11.5. The lowest BCUT2D eigenvalue weighted by Gasteiger charge is -2.18. The van der Waals surface area contributed by atoms with E-state index in [9.17, 15) is 9.90 Å². The van der Waals surface area contributed by atoms with Crippen molar-refractivity contribution in [3.63, 3.8) is 0 Å². The summed E-state index contributed by atoms with van der Waals surface area (Å²) in [5, 5.41) is 12.3. The summed E-state index contributed by atoms with van der Waals surface area (Å²) in [5.74, 6) is -0.532. The molecule has 4 N–H and O–H groups in total. The van der Waals surface area contributed by atoms with Crippen molar-refractivity contribution in [2.75, 3.05) is 11.9 Å². The zero-order chi connectivity index (χ0) is 13.9. The summed E-state index contributed by atoms with van der Waals surface area (Å²) in [6.45, 7) is 4.12. The highest BCUT2D eigenvalue weighted by Gasteiger charge is 2.21. The van der Waals surface area contributed by atoms with Gasteiger partial charge in [-0.25, -0.2) is 0 Å². The molecule has 100 valence electrons. The molecule has 1 amide bonds. The topological polar surface area (TPSA) is 75.4 Å². The van der Waals surface area contributed by atoms with Gasteiger partial charge in [-0.05, 0) is 18.1 Å². The molecule has 0 saturated heterocycles. The number of nitrogens with two attached hydrogens (primary N) is 1. The molecule has 18 heavy (non-hydrogen) atoms. The third-order valence-corrected chi connectivity index (χ3v) is 3.26. The van der Waals surface area contributed by atoms with Crippen LogP contribution >= 0.6 is 23.2 Å². The molecule has 1 rings (SSSR count). The number of nitrogens with one attached hydrogen (secondary N) is 1. The highest BCUT2D eigenvalue weighted by molar-refractivity contribution is 6.37. The Hall–Kier alpha value is -0.970. The average molecular weight is 291 g/mol. The van der Waals surface area contributed by atoms with E-state index in [2.05, 4.69) is 5.32 Å². The van der Waals surface area contributed by atoms with E-state index in [4.69, 9.17) is 28.9 Å². The molecule has 0 saturated carbocycles. The van der Waals surface area contributed by atoms with Crippen LogP contribution in [-0.2, 0) is 4.79 Å². The van der Waals surface area contributed by atoms with Crippen molar-refractivity contribution in [2.24, 2.45) is 17.6 Å². The minimum atomic E-state index is -0.281. The van der Waals surface area contributed by atoms with Crippen LogP contribution in [0.2, 0.25) is 10.0 Å². The fourth-order valence-electron chi connectivity index (χ4n) is 1.55. The van der Waals surface area contributed by atoms with E-state index in [0.717, 1.165) is 0 Å². The van der Waals surface area contributed by atoms with Crippen molar-refractivity contribution in [3.8, 4) is 5.75 Å². The monoisotopic (exact) mass is 290 g/mol. The Bertz CT molecular complexity index is 427. The van der Waals surface area contributed by atoms with Gasteiger partial charge in [0.15, 0.2) is 5.75 Å². The maximum Gasteiger partial charge on any atom is 0.229 e. The Labute approximate surface area is 116 Å². The zero-order valence-corrected chi connectivity index (χ0v) is 11.7. The molecule has 0 aliphatic rings. The molecule has 4 nitrogen and oxygen atoms in total. The first-order valence-electron chi connectivity index (χ1n) is 5.55. The maximum atomic E-state index is 12.0. The minimum absolute atomic E-state index is 0.0895. The van der Waals surface area contributed by atoms with Gasteiger partial charge in [0, 0.05) is 12.2 Å². The summed E-state index contributed by atoms with van der Waals surface area (Å²) in [5.41, 5.74) is 6.00. The van der Waals surface area contributed by atoms with Gasteiger partial charge in [-0.1, -0.05) is 37.0 Å². The van der Waals surface area contributed by atoms with Crippen LogP contribution in [0.15, 0.2) is 12.1 Å². The van der Waals surface area contributed by atoms with Gasteiger partial charge in [0.1, 0.15) is 0 Å². The van der Waals surface area contributed by atoms with Crippen molar-refractivity contribution in [1.82, 2.24) is 0 Å². The second kappa shape index (κ2) is 6.27. The second-order valence-corrected chi connectivity index (χ2v) is 5.18. The second-order valence-electron chi connectivity index (χ2n) is 4.36. The standard InChI is InChI=1S/C12H16Cl2N2O2/c1-6(2)8(5-15)12(18)16-7-3-9(13)11(17)10(14)4-7/h3-4,6,8,17H,5,15H2,1-2H3,(H,16,18). The fourth-order valence-corrected chi connectivity index (χ4v) is 2.04. The largest absolute Gasteiger partial charge is 0.505 e. The normalized spacial score (nSPS) is 12.6. The van der Waals surface area contributed by atoms with Gasteiger partial charge in [0.2, 0.25) is 5.91 Å². The molecule has 1 aromatic carbocycles. The summed E-state index contributed by atoms with van der Waals surface area (Å²) in [6.07, 6.45) is 0. The highest BCUT2D eigenvalue weighted by Crippen LogP contribution is 2.34. The molecular weight excluding hydrogens is 275 g/mol. The first-order chi connectivity index (χ1) is 8.36. The zero-order valence-electron chi connectivity index (χ0n) is 10.2. The van der Waals surface area contributed by atoms with Gasteiger partial charge in [0.25, 0.3) is 0 Å². The number of aromatic hydroxyl groups is 1. The van der Waals surface area contributed by atoms with Crippen LogP contribution in [0, 0.1) is 11.8 Å². The first kappa shape index (κ1) is 15.1. The average Bonchev–Trinajstić information content (AvgIpc) is 2.26. The molecule has 0 aromatic heterocycles. The Morgan fingerprint density at radius 3 is 2.28 bits per heavy atom. The first-order valence-corrected chi connectivity index (χ1v) is 6.31. The van der Waals surface area contributed by atoms with E-state index in [0.29, 0.717) is 5.69 Å². The van der Waals surface area contributed by atoms with E-state index in [1.165, 1.54) is 12.1 Å². The molecule has 1 aromatic rings. The van der Waals surface area contributed by atoms with Gasteiger partial charge in [0.05, 0.1) is 16.0 Å². The summed E-state index contributed by atoms with van der Waals surface area (Å²) in [4.78, 5) is 12.0. The number of benzene rings is 1. The number of hydrogen-bond acceptors (Lipinski definition) is 3. The molecule has 0 radical (unpaired) electrons. The maximum absolute atomic E-state index is 12.0. The number of amides is 1. The van der Waals surface area contributed by atoms with Crippen LogP contribution < -0.4 is 11.1 Å². The van der Waals surface area contributed by atoms with E-state index >= 15 is 0 Å². The number of phenolic OH excluding ortho intramolecular Hbond substituents is 1. The van der Waals surface area contributed by atoms with Crippen LogP contribution in [-0.4, -0.2) is 17.6 Å². The lowest BCUT2D eigenvalue weighted by atomic mass is 9.95. The molecule has 0 bridgehead atoms. The van der Waals surface area contributed by atoms with E-state index in [-0.39, 0.29) is 40.1 Å². The Morgan fingerprint density at radius 2 is 1.89 bits per heavy atom. The number of anilines is 1. The van der Waals surface area contributed by atoms with Gasteiger partial charge in [-0.2, -0.15) is 0 Å². The van der Waals surface area contributed by atoms with Crippen molar-refractivity contribution >= 4 is 34.8 Å². The number of carbonyl (C=O) groups excluding carboxylic acids is 1. The molecule has 1 atom stereocenters. The lowest BCUT2D eigenvalue weighted by Crippen LogP contribution is -2.33. The van der Waals surface area contributed by atoms with Gasteiger partial charge in [-0.15, -0.1) is 0 Å². The Balaban J connectivity index is 2.88.